The van der Waals surface area contributed by atoms with E-state index in [2.05, 4.69) is 21.2 Å². The second kappa shape index (κ2) is 3.32. The Morgan fingerprint density at radius 2 is 2.00 bits per heavy atom. The standard InChI is InChI=1S/C11H11BrN2O/c12-7-1-3-9(4-2-7)14-6-8-5-10(13-8)11(14)15/h1-4,8,10,13H,5-6H2. The van der Waals surface area contributed by atoms with Gasteiger partial charge >= 0.3 is 0 Å². The lowest BCUT2D eigenvalue weighted by Crippen LogP contribution is -2.70. The quantitative estimate of drug-likeness (QED) is 0.836. The van der Waals surface area contributed by atoms with Crippen molar-refractivity contribution >= 4 is 27.5 Å². The fourth-order valence-electron chi connectivity index (χ4n) is 2.20. The maximum absolute atomic E-state index is 11.9. The van der Waals surface area contributed by atoms with E-state index in [1.165, 1.54) is 0 Å². The molecular weight excluding hydrogens is 256 g/mol. The third-order valence-electron chi connectivity index (χ3n) is 3.06. The Balaban J connectivity index is 1.88. The zero-order valence-corrected chi connectivity index (χ0v) is 9.70. The number of halogens is 1. The van der Waals surface area contributed by atoms with E-state index in [0.29, 0.717) is 6.04 Å². The molecule has 78 valence electrons. The molecule has 3 aliphatic rings. The number of benzene rings is 1. The van der Waals surface area contributed by atoms with E-state index in [9.17, 15) is 4.79 Å². The SMILES string of the molecule is O=C1C2CC(CN1c1ccc(Br)cc1)N2. The Bertz CT molecular complexity index is 398. The van der Waals surface area contributed by atoms with E-state index in [1.807, 2.05) is 29.2 Å². The highest BCUT2D eigenvalue weighted by atomic mass is 79.9. The molecule has 3 heterocycles. The van der Waals surface area contributed by atoms with E-state index in [1.54, 1.807) is 0 Å². The summed E-state index contributed by atoms with van der Waals surface area (Å²) in [7, 11) is 0. The molecule has 4 heteroatoms. The van der Waals surface area contributed by atoms with Crippen LogP contribution in [0.2, 0.25) is 0 Å². The number of carbonyl (C=O) groups excluding carboxylic acids is 1. The van der Waals surface area contributed by atoms with E-state index >= 15 is 0 Å². The largest absolute Gasteiger partial charge is 0.310 e. The molecule has 1 amide bonds. The summed E-state index contributed by atoms with van der Waals surface area (Å²) < 4.78 is 1.04. The van der Waals surface area contributed by atoms with Gasteiger partial charge in [0.05, 0.1) is 6.04 Å². The molecule has 3 fully saturated rings. The van der Waals surface area contributed by atoms with Crippen molar-refractivity contribution < 1.29 is 4.79 Å². The number of anilines is 1. The monoisotopic (exact) mass is 266 g/mol. The maximum Gasteiger partial charge on any atom is 0.244 e. The average Bonchev–Trinajstić information content (AvgIpc) is 2.18. The molecular formula is C11H11BrN2O. The highest BCUT2D eigenvalue weighted by Gasteiger charge is 2.43. The van der Waals surface area contributed by atoms with E-state index in [-0.39, 0.29) is 11.9 Å². The predicted octanol–water partition coefficient (Wildman–Crippen LogP) is 1.53. The van der Waals surface area contributed by atoms with Crippen LogP contribution in [-0.2, 0) is 4.79 Å². The minimum absolute atomic E-state index is 0.0624. The summed E-state index contributed by atoms with van der Waals surface area (Å²) in [6.45, 7) is 0.803. The smallest absolute Gasteiger partial charge is 0.244 e. The zero-order chi connectivity index (χ0) is 10.4. The number of hydrogen-bond acceptors (Lipinski definition) is 2. The fraction of sp³-hybridized carbons (Fsp3) is 0.364. The Labute approximate surface area is 96.6 Å². The molecule has 1 N–H and O–H groups in total. The number of fused-ring (bicyclic) bond motifs is 2. The number of piperidine rings is 1. The normalized spacial score (nSPS) is 28.9. The van der Waals surface area contributed by atoms with Crippen molar-refractivity contribution in [1.29, 1.82) is 0 Å². The van der Waals surface area contributed by atoms with Crippen molar-refractivity contribution in [3.05, 3.63) is 28.7 Å². The van der Waals surface area contributed by atoms with Crippen molar-refractivity contribution in [3.63, 3.8) is 0 Å². The second-order valence-corrected chi connectivity index (χ2v) is 4.99. The first-order valence-corrected chi connectivity index (χ1v) is 5.86. The number of piperazine rings is 1. The third kappa shape index (κ3) is 1.48. The summed E-state index contributed by atoms with van der Waals surface area (Å²) in [5, 5.41) is 3.24. The van der Waals surface area contributed by atoms with Gasteiger partial charge in [-0.15, -0.1) is 0 Å². The minimum atomic E-state index is 0.0624. The van der Waals surface area contributed by atoms with Gasteiger partial charge in [-0.25, -0.2) is 0 Å². The molecule has 3 saturated heterocycles. The van der Waals surface area contributed by atoms with Gasteiger partial charge < -0.3 is 10.2 Å². The average molecular weight is 267 g/mol. The van der Waals surface area contributed by atoms with Crippen molar-refractivity contribution in [2.75, 3.05) is 11.4 Å². The summed E-state index contributed by atoms with van der Waals surface area (Å²) in [5.74, 6) is 0.208. The van der Waals surface area contributed by atoms with Crippen LogP contribution < -0.4 is 10.2 Å². The van der Waals surface area contributed by atoms with Gasteiger partial charge in [-0.05, 0) is 30.7 Å². The third-order valence-corrected chi connectivity index (χ3v) is 3.59. The Morgan fingerprint density at radius 3 is 2.60 bits per heavy atom. The predicted molar refractivity (Wildman–Crippen MR) is 61.8 cm³/mol. The van der Waals surface area contributed by atoms with Crippen LogP contribution in [0.4, 0.5) is 5.69 Å². The van der Waals surface area contributed by atoms with Crippen LogP contribution in [0.1, 0.15) is 6.42 Å². The number of rotatable bonds is 1. The second-order valence-electron chi connectivity index (χ2n) is 4.08. The van der Waals surface area contributed by atoms with E-state index < -0.39 is 0 Å². The Kier molecular flexibility index (Phi) is 2.07. The van der Waals surface area contributed by atoms with Gasteiger partial charge in [-0.3, -0.25) is 4.79 Å². The van der Waals surface area contributed by atoms with Gasteiger partial charge in [0.1, 0.15) is 0 Å². The first-order chi connectivity index (χ1) is 7.24. The van der Waals surface area contributed by atoms with Crippen LogP contribution in [0.3, 0.4) is 0 Å². The number of nitrogens with zero attached hydrogens (tertiary/aromatic N) is 1. The van der Waals surface area contributed by atoms with Crippen LogP contribution in [0.25, 0.3) is 0 Å². The van der Waals surface area contributed by atoms with E-state index in [4.69, 9.17) is 0 Å². The molecule has 2 bridgehead atoms. The molecule has 0 radical (unpaired) electrons. The van der Waals surface area contributed by atoms with Crippen molar-refractivity contribution in [3.8, 4) is 0 Å². The molecule has 0 aliphatic carbocycles. The molecule has 1 aromatic rings. The van der Waals surface area contributed by atoms with Gasteiger partial charge in [0.25, 0.3) is 0 Å². The number of hydrogen-bond donors (Lipinski definition) is 1. The topological polar surface area (TPSA) is 32.3 Å². The molecule has 2 atom stereocenters. The Morgan fingerprint density at radius 1 is 1.33 bits per heavy atom. The number of carbonyl (C=O) groups is 1. The van der Waals surface area contributed by atoms with Crippen LogP contribution in [0, 0.1) is 0 Å². The van der Waals surface area contributed by atoms with Crippen LogP contribution in [0.5, 0.6) is 0 Å². The van der Waals surface area contributed by atoms with Crippen molar-refractivity contribution in [1.82, 2.24) is 5.32 Å². The van der Waals surface area contributed by atoms with Gasteiger partial charge in [-0.1, -0.05) is 15.9 Å². The number of amides is 1. The van der Waals surface area contributed by atoms with Gasteiger partial charge in [0.2, 0.25) is 5.91 Å². The van der Waals surface area contributed by atoms with Gasteiger partial charge in [-0.2, -0.15) is 0 Å². The first-order valence-electron chi connectivity index (χ1n) is 5.07. The van der Waals surface area contributed by atoms with Gasteiger partial charge in [0.15, 0.2) is 0 Å². The lowest BCUT2D eigenvalue weighted by atomic mass is 9.90. The van der Waals surface area contributed by atoms with Crippen molar-refractivity contribution in [2.24, 2.45) is 0 Å². The summed E-state index contributed by atoms with van der Waals surface area (Å²) >= 11 is 3.39. The highest BCUT2D eigenvalue weighted by Crippen LogP contribution is 2.27. The van der Waals surface area contributed by atoms with Gasteiger partial charge in [0, 0.05) is 22.7 Å². The van der Waals surface area contributed by atoms with Crippen LogP contribution in [0.15, 0.2) is 28.7 Å². The zero-order valence-electron chi connectivity index (χ0n) is 8.11. The molecule has 2 unspecified atom stereocenters. The first kappa shape index (κ1) is 9.36. The van der Waals surface area contributed by atoms with Crippen molar-refractivity contribution in [2.45, 2.75) is 18.5 Å². The fourth-order valence-corrected chi connectivity index (χ4v) is 2.46. The molecule has 4 rings (SSSR count). The van der Waals surface area contributed by atoms with Crippen LogP contribution >= 0.6 is 15.9 Å². The maximum atomic E-state index is 11.9. The summed E-state index contributed by atoms with van der Waals surface area (Å²) in [4.78, 5) is 13.8. The lowest BCUT2D eigenvalue weighted by molar-refractivity contribution is -0.125. The molecule has 3 nitrogen and oxygen atoms in total. The highest BCUT2D eigenvalue weighted by molar-refractivity contribution is 9.10. The van der Waals surface area contributed by atoms with E-state index in [0.717, 1.165) is 23.1 Å². The molecule has 0 spiro atoms. The Hall–Kier alpha value is -0.870. The number of nitrogens with one attached hydrogen (secondary N) is 1. The summed E-state index contributed by atoms with van der Waals surface area (Å²) in [5.41, 5.74) is 0.999. The molecule has 0 saturated carbocycles. The molecule has 15 heavy (non-hydrogen) atoms. The lowest BCUT2D eigenvalue weighted by Gasteiger charge is -2.47. The molecule has 1 aromatic carbocycles. The molecule has 0 aromatic heterocycles. The van der Waals surface area contributed by atoms with Crippen LogP contribution in [-0.4, -0.2) is 24.5 Å². The molecule has 3 aliphatic heterocycles. The summed E-state index contributed by atoms with van der Waals surface area (Å²) in [6, 6.07) is 8.45. The minimum Gasteiger partial charge on any atom is -0.310 e. The summed E-state index contributed by atoms with van der Waals surface area (Å²) in [6.07, 6.45) is 1.01.